The van der Waals surface area contributed by atoms with E-state index < -0.39 is 0 Å². The average molecular weight is 254 g/mol. The van der Waals surface area contributed by atoms with Crippen molar-refractivity contribution in [3.05, 3.63) is 12.7 Å². The van der Waals surface area contributed by atoms with Crippen LogP contribution in [0.4, 0.5) is 0 Å². The summed E-state index contributed by atoms with van der Waals surface area (Å²) in [5.74, 6) is 0.507. The van der Waals surface area contributed by atoms with E-state index in [1.54, 1.807) is 6.08 Å². The summed E-state index contributed by atoms with van der Waals surface area (Å²) in [4.78, 5) is 14.1. The first-order valence-corrected chi connectivity index (χ1v) is 6.83. The van der Waals surface area contributed by atoms with Crippen LogP contribution < -0.4 is 5.73 Å². The molecule has 3 unspecified atom stereocenters. The zero-order valence-corrected chi connectivity index (χ0v) is 11.6. The Bertz CT molecular complexity index is 279. The molecule has 0 spiro atoms. The Balaban J connectivity index is 2.42. The quantitative estimate of drug-likeness (QED) is 0.578. The Morgan fingerprint density at radius 2 is 2.33 bits per heavy atom. The van der Waals surface area contributed by atoms with Crippen LogP contribution in [0, 0.1) is 5.92 Å². The second kappa shape index (κ2) is 7.54. The standard InChI is InChI=1S/C14H26N2O2/c1-4-5-9-18-12(3)14(17)16-8-6-7-13(10-16)11(2)15/h4,11-13H,1,5-10,15H2,2-3H3. The van der Waals surface area contributed by atoms with E-state index in [1.807, 2.05) is 18.7 Å². The van der Waals surface area contributed by atoms with Gasteiger partial charge in [0, 0.05) is 19.1 Å². The summed E-state index contributed by atoms with van der Waals surface area (Å²) in [7, 11) is 0. The average Bonchev–Trinajstić information content (AvgIpc) is 2.38. The van der Waals surface area contributed by atoms with E-state index in [9.17, 15) is 4.79 Å². The summed E-state index contributed by atoms with van der Waals surface area (Å²) < 4.78 is 5.50. The van der Waals surface area contributed by atoms with Crippen molar-refractivity contribution in [2.75, 3.05) is 19.7 Å². The van der Waals surface area contributed by atoms with E-state index >= 15 is 0 Å². The van der Waals surface area contributed by atoms with Crippen molar-refractivity contribution in [3.8, 4) is 0 Å². The number of piperidine rings is 1. The van der Waals surface area contributed by atoms with Crippen molar-refractivity contribution in [2.24, 2.45) is 11.7 Å². The van der Waals surface area contributed by atoms with Gasteiger partial charge in [-0.05, 0) is 39.0 Å². The van der Waals surface area contributed by atoms with E-state index in [4.69, 9.17) is 10.5 Å². The van der Waals surface area contributed by atoms with Crippen LogP contribution in [0.2, 0.25) is 0 Å². The van der Waals surface area contributed by atoms with Crippen molar-refractivity contribution in [2.45, 2.75) is 45.3 Å². The third-order valence-electron chi connectivity index (χ3n) is 3.55. The first-order valence-electron chi connectivity index (χ1n) is 6.83. The molecule has 1 aliphatic heterocycles. The molecule has 3 atom stereocenters. The molecule has 18 heavy (non-hydrogen) atoms. The van der Waals surface area contributed by atoms with Crippen molar-refractivity contribution in [1.29, 1.82) is 0 Å². The van der Waals surface area contributed by atoms with E-state index in [-0.39, 0.29) is 18.1 Å². The minimum atomic E-state index is -0.364. The van der Waals surface area contributed by atoms with E-state index in [0.717, 1.165) is 32.4 Å². The van der Waals surface area contributed by atoms with Crippen molar-refractivity contribution in [3.63, 3.8) is 0 Å². The van der Waals surface area contributed by atoms with Crippen LogP contribution in [0.5, 0.6) is 0 Å². The second-order valence-electron chi connectivity index (χ2n) is 5.14. The first-order chi connectivity index (χ1) is 8.56. The molecule has 1 heterocycles. The fourth-order valence-electron chi connectivity index (χ4n) is 2.30. The number of amides is 1. The highest BCUT2D eigenvalue weighted by atomic mass is 16.5. The number of carbonyl (C=O) groups is 1. The maximum Gasteiger partial charge on any atom is 0.251 e. The lowest BCUT2D eigenvalue weighted by Gasteiger charge is -2.35. The summed E-state index contributed by atoms with van der Waals surface area (Å²) >= 11 is 0. The fraction of sp³-hybridized carbons (Fsp3) is 0.786. The smallest absolute Gasteiger partial charge is 0.251 e. The minimum absolute atomic E-state index is 0.0874. The minimum Gasteiger partial charge on any atom is -0.368 e. The van der Waals surface area contributed by atoms with Gasteiger partial charge in [-0.2, -0.15) is 0 Å². The zero-order valence-electron chi connectivity index (χ0n) is 11.6. The van der Waals surface area contributed by atoms with Gasteiger partial charge < -0.3 is 15.4 Å². The third-order valence-corrected chi connectivity index (χ3v) is 3.55. The largest absolute Gasteiger partial charge is 0.368 e. The van der Waals surface area contributed by atoms with Crippen LogP contribution in [0.25, 0.3) is 0 Å². The Labute approximate surface area is 110 Å². The molecule has 0 aromatic heterocycles. The number of hydrogen-bond donors (Lipinski definition) is 1. The first kappa shape index (κ1) is 15.2. The van der Waals surface area contributed by atoms with Gasteiger partial charge in [0.1, 0.15) is 6.10 Å². The monoisotopic (exact) mass is 254 g/mol. The Morgan fingerprint density at radius 1 is 1.61 bits per heavy atom. The summed E-state index contributed by atoms with van der Waals surface area (Å²) in [6, 6.07) is 0.151. The lowest BCUT2D eigenvalue weighted by atomic mass is 9.92. The molecular weight excluding hydrogens is 228 g/mol. The molecule has 0 aromatic rings. The van der Waals surface area contributed by atoms with Gasteiger partial charge in [-0.3, -0.25) is 4.79 Å². The molecule has 1 aliphatic rings. The summed E-state index contributed by atoms with van der Waals surface area (Å²) in [5, 5.41) is 0. The molecule has 0 radical (unpaired) electrons. The van der Waals surface area contributed by atoms with E-state index in [1.165, 1.54) is 0 Å². The molecule has 4 heteroatoms. The van der Waals surface area contributed by atoms with Crippen molar-refractivity contribution >= 4 is 5.91 Å². The molecule has 1 fully saturated rings. The van der Waals surface area contributed by atoms with Crippen LogP contribution >= 0.6 is 0 Å². The predicted molar refractivity (Wildman–Crippen MR) is 73.2 cm³/mol. The molecule has 1 amide bonds. The maximum atomic E-state index is 12.2. The van der Waals surface area contributed by atoms with Gasteiger partial charge in [-0.25, -0.2) is 0 Å². The van der Waals surface area contributed by atoms with Crippen LogP contribution in [0.15, 0.2) is 12.7 Å². The van der Waals surface area contributed by atoms with Crippen LogP contribution in [0.1, 0.15) is 33.1 Å². The summed E-state index contributed by atoms with van der Waals surface area (Å²) in [6.07, 6.45) is 4.37. The highest BCUT2D eigenvalue weighted by Gasteiger charge is 2.28. The molecule has 0 aromatic carbocycles. The molecule has 4 nitrogen and oxygen atoms in total. The lowest BCUT2D eigenvalue weighted by molar-refractivity contribution is -0.144. The van der Waals surface area contributed by atoms with Crippen LogP contribution in [-0.2, 0) is 9.53 Å². The molecule has 2 N–H and O–H groups in total. The molecule has 0 aliphatic carbocycles. The maximum absolute atomic E-state index is 12.2. The van der Waals surface area contributed by atoms with Crippen molar-refractivity contribution in [1.82, 2.24) is 4.90 Å². The number of carbonyl (C=O) groups excluding carboxylic acids is 1. The number of likely N-dealkylation sites (tertiary alicyclic amines) is 1. The van der Waals surface area contributed by atoms with Crippen LogP contribution in [-0.4, -0.2) is 42.6 Å². The fourth-order valence-corrected chi connectivity index (χ4v) is 2.30. The number of rotatable bonds is 6. The van der Waals surface area contributed by atoms with Gasteiger partial charge in [0.2, 0.25) is 0 Å². The summed E-state index contributed by atoms with van der Waals surface area (Å²) in [6.45, 7) is 9.63. The van der Waals surface area contributed by atoms with Crippen molar-refractivity contribution < 1.29 is 9.53 Å². The second-order valence-corrected chi connectivity index (χ2v) is 5.14. The normalized spacial score (nSPS) is 23.5. The van der Waals surface area contributed by atoms with Gasteiger partial charge in [0.25, 0.3) is 5.91 Å². The SMILES string of the molecule is C=CCCOC(C)C(=O)N1CCCC(C(C)N)C1. The van der Waals surface area contributed by atoms with Gasteiger partial charge in [-0.15, -0.1) is 6.58 Å². The van der Waals surface area contributed by atoms with Gasteiger partial charge in [-0.1, -0.05) is 6.08 Å². The Kier molecular flexibility index (Phi) is 6.36. The van der Waals surface area contributed by atoms with E-state index in [0.29, 0.717) is 12.5 Å². The molecule has 0 bridgehead atoms. The lowest BCUT2D eigenvalue weighted by Crippen LogP contribution is -2.48. The molecule has 1 rings (SSSR count). The molecule has 104 valence electrons. The van der Waals surface area contributed by atoms with E-state index in [2.05, 4.69) is 6.58 Å². The number of nitrogens with zero attached hydrogens (tertiary/aromatic N) is 1. The number of hydrogen-bond acceptors (Lipinski definition) is 3. The predicted octanol–water partition coefficient (Wildman–Crippen LogP) is 1.55. The molecular formula is C14H26N2O2. The Hall–Kier alpha value is -0.870. The summed E-state index contributed by atoms with van der Waals surface area (Å²) in [5.41, 5.74) is 5.92. The van der Waals surface area contributed by atoms with Gasteiger partial charge in [0.15, 0.2) is 0 Å². The highest BCUT2D eigenvalue weighted by Crippen LogP contribution is 2.19. The van der Waals surface area contributed by atoms with Gasteiger partial charge >= 0.3 is 0 Å². The molecule has 0 saturated carbocycles. The number of ether oxygens (including phenoxy) is 1. The van der Waals surface area contributed by atoms with Crippen LogP contribution in [0.3, 0.4) is 0 Å². The molecule has 1 saturated heterocycles. The third kappa shape index (κ3) is 4.42. The Morgan fingerprint density at radius 3 is 2.94 bits per heavy atom. The van der Waals surface area contributed by atoms with Gasteiger partial charge in [0.05, 0.1) is 6.61 Å². The topological polar surface area (TPSA) is 55.6 Å². The zero-order chi connectivity index (χ0) is 13.5. The highest BCUT2D eigenvalue weighted by molar-refractivity contribution is 5.80. The number of nitrogens with two attached hydrogens (primary N) is 1.